The number of benzene rings is 2. The smallest absolute Gasteiger partial charge is 0.0602 e. The first-order valence-corrected chi connectivity index (χ1v) is 6.30. The van der Waals surface area contributed by atoms with Gasteiger partial charge in [-0.3, -0.25) is 0 Å². The fraction of sp³-hybridized carbons (Fsp3) is 0.200. The van der Waals surface area contributed by atoms with Gasteiger partial charge in [-0.2, -0.15) is 0 Å². The monoisotopic (exact) mass is 260 g/mol. The third-order valence-electron chi connectivity index (χ3n) is 3.25. The van der Waals surface area contributed by atoms with E-state index in [1.165, 1.54) is 5.56 Å². The van der Waals surface area contributed by atoms with Crippen LogP contribution in [0.25, 0.3) is 0 Å². The second-order valence-corrected chi connectivity index (χ2v) is 4.83. The summed E-state index contributed by atoms with van der Waals surface area (Å²) in [6, 6.07) is 16.0. The topological polar surface area (TPSA) is 29.3 Å². The summed E-state index contributed by atoms with van der Waals surface area (Å²) < 4.78 is 0. The number of halogens is 1. The van der Waals surface area contributed by atoms with Gasteiger partial charge in [0.1, 0.15) is 0 Å². The Morgan fingerprint density at radius 1 is 1.06 bits per heavy atom. The van der Waals surface area contributed by atoms with Gasteiger partial charge in [-0.15, -0.1) is 0 Å². The van der Waals surface area contributed by atoms with Crippen LogP contribution in [-0.2, 0) is 0 Å². The van der Waals surface area contributed by atoms with Crippen molar-refractivity contribution < 1.29 is 0 Å². The van der Waals surface area contributed by atoms with Crippen molar-refractivity contribution in [1.29, 1.82) is 0 Å². The highest BCUT2D eigenvalue weighted by Gasteiger charge is 2.13. The van der Waals surface area contributed by atoms with Crippen LogP contribution in [0.3, 0.4) is 0 Å². The average molecular weight is 261 g/mol. The lowest BCUT2D eigenvalue weighted by molar-refractivity contribution is 0.741. The second kappa shape index (κ2) is 5.32. The van der Waals surface area contributed by atoms with E-state index in [4.69, 9.17) is 17.3 Å². The van der Waals surface area contributed by atoms with Crippen LogP contribution in [-0.4, -0.2) is 7.05 Å². The maximum absolute atomic E-state index is 6.00. The Kier molecular flexibility index (Phi) is 3.78. The number of hydrogen-bond acceptors (Lipinski definition) is 2. The van der Waals surface area contributed by atoms with Crippen LogP contribution in [0, 0.1) is 0 Å². The van der Waals surface area contributed by atoms with Gasteiger partial charge < -0.3 is 10.6 Å². The van der Waals surface area contributed by atoms with E-state index in [9.17, 15) is 0 Å². The molecular weight excluding hydrogens is 244 g/mol. The summed E-state index contributed by atoms with van der Waals surface area (Å²) in [5.41, 5.74) is 9.05. The third kappa shape index (κ3) is 2.59. The van der Waals surface area contributed by atoms with Crippen LogP contribution in [0.2, 0.25) is 5.02 Å². The highest BCUT2D eigenvalue weighted by molar-refractivity contribution is 6.30. The molecule has 1 unspecified atom stereocenters. The summed E-state index contributed by atoms with van der Waals surface area (Å²) in [5.74, 6) is 0. The van der Waals surface area contributed by atoms with E-state index in [1.807, 2.05) is 55.6 Å². The van der Waals surface area contributed by atoms with Gasteiger partial charge in [0.25, 0.3) is 0 Å². The Hall–Kier alpha value is -1.67. The molecule has 0 heterocycles. The summed E-state index contributed by atoms with van der Waals surface area (Å²) >= 11 is 5.90. The third-order valence-corrected chi connectivity index (χ3v) is 3.50. The van der Waals surface area contributed by atoms with Crippen LogP contribution >= 0.6 is 11.6 Å². The number of para-hydroxylation sites is 2. The molecule has 1 atom stereocenters. The van der Waals surface area contributed by atoms with Gasteiger partial charge in [0.15, 0.2) is 0 Å². The molecule has 0 radical (unpaired) electrons. The van der Waals surface area contributed by atoms with Gasteiger partial charge in [0, 0.05) is 12.1 Å². The first-order valence-electron chi connectivity index (χ1n) is 5.92. The normalized spacial score (nSPS) is 12.2. The summed E-state index contributed by atoms with van der Waals surface area (Å²) in [6.07, 6.45) is 0. The molecule has 0 saturated carbocycles. The maximum atomic E-state index is 6.00. The lowest BCUT2D eigenvalue weighted by atomic mass is 10.1. The van der Waals surface area contributed by atoms with Gasteiger partial charge >= 0.3 is 0 Å². The van der Waals surface area contributed by atoms with Crippen LogP contribution in [0.15, 0.2) is 48.5 Å². The molecule has 0 bridgehead atoms. The first kappa shape index (κ1) is 12.8. The van der Waals surface area contributed by atoms with E-state index in [2.05, 4.69) is 11.8 Å². The second-order valence-electron chi connectivity index (χ2n) is 4.40. The van der Waals surface area contributed by atoms with E-state index in [1.54, 1.807) is 0 Å². The quantitative estimate of drug-likeness (QED) is 0.841. The van der Waals surface area contributed by atoms with E-state index >= 15 is 0 Å². The highest BCUT2D eigenvalue weighted by Crippen LogP contribution is 2.29. The van der Waals surface area contributed by atoms with Crippen molar-refractivity contribution in [2.45, 2.75) is 13.0 Å². The largest absolute Gasteiger partial charge is 0.397 e. The summed E-state index contributed by atoms with van der Waals surface area (Å²) in [5, 5.41) is 0.757. The first-order chi connectivity index (χ1) is 8.59. The standard InChI is InChI=1S/C15H17ClN2/c1-11(12-7-9-13(16)10-8-12)18(2)15-6-4-3-5-14(15)17/h3-11H,17H2,1-2H3. The van der Waals surface area contributed by atoms with Crippen LogP contribution in [0.5, 0.6) is 0 Å². The van der Waals surface area contributed by atoms with Gasteiger partial charge in [0.05, 0.1) is 17.4 Å². The Labute approximate surface area is 113 Å². The Morgan fingerprint density at radius 2 is 1.67 bits per heavy atom. The fourth-order valence-electron chi connectivity index (χ4n) is 1.98. The van der Waals surface area contributed by atoms with E-state index < -0.39 is 0 Å². The number of nitrogen functional groups attached to an aromatic ring is 1. The Balaban J connectivity index is 2.26. The number of rotatable bonds is 3. The van der Waals surface area contributed by atoms with Crippen molar-refractivity contribution in [3.8, 4) is 0 Å². The number of nitrogens with zero attached hydrogens (tertiary/aromatic N) is 1. The maximum Gasteiger partial charge on any atom is 0.0602 e. The van der Waals surface area contributed by atoms with Crippen LogP contribution in [0.1, 0.15) is 18.5 Å². The van der Waals surface area contributed by atoms with E-state index in [0.29, 0.717) is 0 Å². The molecule has 0 aliphatic carbocycles. The minimum absolute atomic E-state index is 0.243. The predicted molar refractivity (Wildman–Crippen MR) is 79.1 cm³/mol. The molecular formula is C15H17ClN2. The molecule has 2 aromatic rings. The summed E-state index contributed by atoms with van der Waals surface area (Å²) in [6.45, 7) is 2.15. The van der Waals surface area contributed by atoms with Crippen molar-refractivity contribution in [3.63, 3.8) is 0 Å². The Bertz CT molecular complexity index is 522. The number of hydrogen-bond donors (Lipinski definition) is 1. The molecule has 0 aliphatic heterocycles. The summed E-state index contributed by atoms with van der Waals surface area (Å²) in [7, 11) is 2.05. The lowest BCUT2D eigenvalue weighted by Crippen LogP contribution is -2.22. The number of nitrogens with two attached hydrogens (primary N) is 1. The molecule has 0 fully saturated rings. The van der Waals surface area contributed by atoms with Gasteiger partial charge in [-0.1, -0.05) is 35.9 Å². The fourth-order valence-corrected chi connectivity index (χ4v) is 2.11. The molecule has 94 valence electrons. The molecule has 18 heavy (non-hydrogen) atoms. The minimum Gasteiger partial charge on any atom is -0.397 e. The van der Waals surface area contributed by atoms with Crippen molar-refractivity contribution in [3.05, 3.63) is 59.1 Å². The molecule has 2 N–H and O–H groups in total. The molecule has 2 aromatic carbocycles. The van der Waals surface area contributed by atoms with Crippen LogP contribution in [0.4, 0.5) is 11.4 Å². The summed E-state index contributed by atoms with van der Waals surface area (Å²) in [4.78, 5) is 2.17. The molecule has 0 aliphatic rings. The SMILES string of the molecule is CC(c1ccc(Cl)cc1)N(C)c1ccccc1N. The van der Waals surface area contributed by atoms with E-state index in [0.717, 1.165) is 16.4 Å². The van der Waals surface area contributed by atoms with Crippen LogP contribution < -0.4 is 10.6 Å². The van der Waals surface area contributed by atoms with E-state index in [-0.39, 0.29) is 6.04 Å². The van der Waals surface area contributed by atoms with Crippen molar-refractivity contribution >= 4 is 23.0 Å². The number of anilines is 2. The van der Waals surface area contributed by atoms with Crippen molar-refractivity contribution in [1.82, 2.24) is 0 Å². The predicted octanol–water partition coefficient (Wildman–Crippen LogP) is 4.12. The van der Waals surface area contributed by atoms with Crippen molar-refractivity contribution in [2.75, 3.05) is 17.7 Å². The zero-order valence-corrected chi connectivity index (χ0v) is 11.4. The molecule has 2 nitrogen and oxygen atoms in total. The zero-order chi connectivity index (χ0) is 13.1. The molecule has 0 aromatic heterocycles. The molecule has 0 saturated heterocycles. The molecule has 2 rings (SSSR count). The molecule has 0 spiro atoms. The van der Waals surface area contributed by atoms with Gasteiger partial charge in [-0.25, -0.2) is 0 Å². The highest BCUT2D eigenvalue weighted by atomic mass is 35.5. The zero-order valence-electron chi connectivity index (χ0n) is 10.6. The Morgan fingerprint density at radius 3 is 2.28 bits per heavy atom. The van der Waals surface area contributed by atoms with Crippen molar-refractivity contribution in [2.24, 2.45) is 0 Å². The lowest BCUT2D eigenvalue weighted by Gasteiger charge is -2.28. The molecule has 0 amide bonds. The minimum atomic E-state index is 0.243. The van der Waals surface area contributed by atoms with Gasteiger partial charge in [-0.05, 0) is 36.8 Å². The molecule has 3 heteroatoms. The average Bonchev–Trinajstić information content (AvgIpc) is 2.38. The van der Waals surface area contributed by atoms with Gasteiger partial charge in [0.2, 0.25) is 0 Å².